The Hall–Kier alpha value is -2.69. The number of carbonyl (C=O) groups excluding carboxylic acids is 1. The fourth-order valence-corrected chi connectivity index (χ4v) is 5.90. The van der Waals surface area contributed by atoms with E-state index in [-0.39, 0.29) is 37.1 Å². The number of benzene rings is 2. The molecule has 2 aliphatic heterocycles. The van der Waals surface area contributed by atoms with Crippen LogP contribution in [0.3, 0.4) is 0 Å². The molecule has 41 heavy (non-hydrogen) atoms. The van der Waals surface area contributed by atoms with E-state index in [2.05, 4.69) is 5.32 Å². The van der Waals surface area contributed by atoms with E-state index in [1.165, 1.54) is 0 Å². The van der Waals surface area contributed by atoms with Crippen LogP contribution >= 0.6 is 0 Å². The molecule has 0 aromatic heterocycles. The predicted octanol–water partition coefficient (Wildman–Crippen LogP) is 4.61. The van der Waals surface area contributed by atoms with Crippen LogP contribution in [0.25, 0.3) is 0 Å². The zero-order valence-electron chi connectivity index (χ0n) is 24.2. The van der Waals surface area contributed by atoms with E-state index in [1.54, 1.807) is 0 Å². The second-order valence-electron chi connectivity index (χ2n) is 11.6. The van der Waals surface area contributed by atoms with Gasteiger partial charge in [0.05, 0.1) is 50.0 Å². The summed E-state index contributed by atoms with van der Waals surface area (Å²) >= 11 is 0. The molecule has 5 atom stereocenters. The van der Waals surface area contributed by atoms with E-state index in [0.29, 0.717) is 26.2 Å². The van der Waals surface area contributed by atoms with Crippen molar-refractivity contribution in [2.45, 2.75) is 95.7 Å². The summed E-state index contributed by atoms with van der Waals surface area (Å²) in [6.07, 6.45) is 3.57. The van der Waals surface area contributed by atoms with Crippen LogP contribution in [-0.4, -0.2) is 72.8 Å². The average Bonchev–Trinajstić information content (AvgIpc) is 3.70. The lowest BCUT2D eigenvalue weighted by Gasteiger charge is -2.31. The van der Waals surface area contributed by atoms with Crippen molar-refractivity contribution in [3.63, 3.8) is 0 Å². The van der Waals surface area contributed by atoms with Gasteiger partial charge in [0.1, 0.15) is 11.9 Å². The number of hydroxylamine groups is 2. The number of aliphatic hydroxyl groups is 1. The molecule has 5 unspecified atom stereocenters. The monoisotopic (exact) mass is 568 g/mol. The molecule has 9 heteroatoms. The van der Waals surface area contributed by atoms with E-state index < -0.39 is 18.2 Å². The van der Waals surface area contributed by atoms with Crippen molar-refractivity contribution in [1.82, 2.24) is 10.4 Å². The molecule has 0 radical (unpaired) electrons. The summed E-state index contributed by atoms with van der Waals surface area (Å²) in [6, 6.07) is 17.2. The molecule has 0 bridgehead atoms. The fraction of sp³-hybridized carbons (Fsp3) is 0.594. The topological polar surface area (TPSA) is 98.7 Å². The van der Waals surface area contributed by atoms with Gasteiger partial charge in [-0.15, -0.1) is 0 Å². The molecule has 3 fully saturated rings. The van der Waals surface area contributed by atoms with E-state index >= 15 is 0 Å². The van der Waals surface area contributed by atoms with Gasteiger partial charge in [-0.05, 0) is 62.8 Å². The molecule has 2 N–H and O–H groups in total. The lowest BCUT2D eigenvalue weighted by molar-refractivity contribution is -0.214. The Balaban J connectivity index is 1.27. The number of hydrogen-bond donors (Lipinski definition) is 2. The third kappa shape index (κ3) is 8.66. The SMILES string of the molecule is CC(C)Oc1cccc(CN(CC(O)C(Cc2ccccc2)NC(=O)OC2COC3OCCC23)OC2CCCC2)c1. The van der Waals surface area contributed by atoms with Crippen molar-refractivity contribution in [2.75, 3.05) is 19.8 Å². The number of rotatable bonds is 13. The molecule has 0 spiro atoms. The number of hydrogen-bond acceptors (Lipinski definition) is 8. The number of nitrogens with zero attached hydrogens (tertiary/aromatic N) is 1. The van der Waals surface area contributed by atoms with Crippen LogP contribution in [0.4, 0.5) is 4.79 Å². The normalized spacial score (nSPS) is 24.0. The summed E-state index contributed by atoms with van der Waals surface area (Å²) in [6.45, 7) is 5.63. The minimum Gasteiger partial charge on any atom is -0.491 e. The van der Waals surface area contributed by atoms with Gasteiger partial charge in [0.2, 0.25) is 0 Å². The molecule has 224 valence electrons. The van der Waals surface area contributed by atoms with E-state index in [9.17, 15) is 9.90 Å². The number of amides is 1. The summed E-state index contributed by atoms with van der Waals surface area (Å²) in [5.74, 6) is 0.847. The van der Waals surface area contributed by atoms with E-state index in [1.807, 2.05) is 73.5 Å². The molecule has 1 saturated carbocycles. The van der Waals surface area contributed by atoms with Crippen molar-refractivity contribution in [3.05, 3.63) is 65.7 Å². The number of ether oxygens (including phenoxy) is 4. The summed E-state index contributed by atoms with van der Waals surface area (Å²) < 4.78 is 22.9. The standard InChI is InChI=1S/C32H44N2O7/c1-22(2)39-26-14-8-11-24(17-26)19-34(41-25-12-6-7-13-25)20-29(35)28(18-23-9-4-3-5-10-23)33-32(36)40-30-21-38-31-27(30)15-16-37-31/h3-5,8-11,14,17,22,25,27-31,35H,6-7,12-13,15-16,18-21H2,1-2H3,(H,33,36). The van der Waals surface area contributed by atoms with Gasteiger partial charge in [0.25, 0.3) is 0 Å². The molecule has 9 nitrogen and oxygen atoms in total. The summed E-state index contributed by atoms with van der Waals surface area (Å²) in [4.78, 5) is 19.5. The Kier molecular flexibility index (Phi) is 10.5. The molecule has 2 aromatic rings. The predicted molar refractivity (Wildman–Crippen MR) is 153 cm³/mol. The molecule has 2 heterocycles. The Morgan fingerprint density at radius 3 is 2.61 bits per heavy atom. The quantitative estimate of drug-likeness (QED) is 0.338. The van der Waals surface area contributed by atoms with Crippen LogP contribution in [0.2, 0.25) is 0 Å². The molecule has 1 aliphatic carbocycles. The van der Waals surface area contributed by atoms with Gasteiger partial charge in [0.15, 0.2) is 6.29 Å². The smallest absolute Gasteiger partial charge is 0.407 e. The largest absolute Gasteiger partial charge is 0.491 e. The first-order chi connectivity index (χ1) is 19.9. The third-order valence-electron chi connectivity index (χ3n) is 7.93. The summed E-state index contributed by atoms with van der Waals surface area (Å²) in [7, 11) is 0. The average molecular weight is 569 g/mol. The summed E-state index contributed by atoms with van der Waals surface area (Å²) in [5, 5.41) is 16.4. The van der Waals surface area contributed by atoms with Gasteiger partial charge in [-0.2, -0.15) is 5.06 Å². The highest BCUT2D eigenvalue weighted by atomic mass is 16.7. The van der Waals surface area contributed by atoms with Gasteiger partial charge < -0.3 is 29.4 Å². The van der Waals surface area contributed by atoms with Crippen molar-refractivity contribution >= 4 is 6.09 Å². The first kappa shape index (κ1) is 29.8. The zero-order valence-corrected chi connectivity index (χ0v) is 24.2. The Bertz CT molecular complexity index is 1090. The molecule has 2 aromatic carbocycles. The van der Waals surface area contributed by atoms with Crippen LogP contribution in [0.5, 0.6) is 5.75 Å². The highest BCUT2D eigenvalue weighted by Crippen LogP contribution is 2.33. The van der Waals surface area contributed by atoms with Crippen molar-refractivity contribution in [3.8, 4) is 5.75 Å². The summed E-state index contributed by atoms with van der Waals surface area (Å²) in [5.41, 5.74) is 2.03. The van der Waals surface area contributed by atoms with Crippen molar-refractivity contribution in [1.29, 1.82) is 0 Å². The second-order valence-corrected chi connectivity index (χ2v) is 11.6. The highest BCUT2D eigenvalue weighted by molar-refractivity contribution is 5.68. The maximum Gasteiger partial charge on any atom is 0.407 e. The minimum absolute atomic E-state index is 0.0454. The maximum atomic E-state index is 13.1. The van der Waals surface area contributed by atoms with Crippen molar-refractivity contribution < 1.29 is 33.7 Å². The first-order valence-electron chi connectivity index (χ1n) is 15.0. The number of nitrogens with one attached hydrogen (secondary N) is 1. The molecule has 2 saturated heterocycles. The highest BCUT2D eigenvalue weighted by Gasteiger charge is 2.44. The van der Waals surface area contributed by atoms with Crippen LogP contribution in [0.15, 0.2) is 54.6 Å². The number of alkyl carbamates (subject to hydrolysis) is 1. The Labute approximate surface area is 243 Å². The number of carbonyl (C=O) groups is 1. The Morgan fingerprint density at radius 2 is 1.83 bits per heavy atom. The third-order valence-corrected chi connectivity index (χ3v) is 7.93. The van der Waals surface area contributed by atoms with Crippen LogP contribution in [0, 0.1) is 5.92 Å². The minimum atomic E-state index is -0.915. The molecule has 1 amide bonds. The fourth-order valence-electron chi connectivity index (χ4n) is 5.90. The molecular weight excluding hydrogens is 524 g/mol. The van der Waals surface area contributed by atoms with Crippen molar-refractivity contribution in [2.24, 2.45) is 5.92 Å². The number of fused-ring (bicyclic) bond motifs is 1. The maximum absolute atomic E-state index is 13.1. The molecule has 3 aliphatic rings. The van der Waals surface area contributed by atoms with E-state index in [0.717, 1.165) is 49.0 Å². The lowest BCUT2D eigenvalue weighted by atomic mass is 10.0. The van der Waals surface area contributed by atoms with E-state index in [4.69, 9.17) is 23.8 Å². The van der Waals surface area contributed by atoms with Crippen LogP contribution < -0.4 is 10.1 Å². The molecular formula is C32H44N2O7. The van der Waals surface area contributed by atoms with Crippen LogP contribution in [0.1, 0.15) is 57.1 Å². The van der Waals surface area contributed by atoms with Gasteiger partial charge in [-0.25, -0.2) is 4.79 Å². The van der Waals surface area contributed by atoms with Gasteiger partial charge in [-0.3, -0.25) is 4.84 Å². The second kappa shape index (κ2) is 14.5. The van der Waals surface area contributed by atoms with Gasteiger partial charge in [0, 0.05) is 6.54 Å². The molecule has 5 rings (SSSR count). The van der Waals surface area contributed by atoms with Gasteiger partial charge >= 0.3 is 6.09 Å². The zero-order chi connectivity index (χ0) is 28.6. The van der Waals surface area contributed by atoms with Gasteiger partial charge in [-0.1, -0.05) is 55.3 Å². The lowest BCUT2D eigenvalue weighted by Crippen LogP contribution is -2.50. The Morgan fingerprint density at radius 1 is 1.05 bits per heavy atom. The first-order valence-corrected chi connectivity index (χ1v) is 15.0. The van der Waals surface area contributed by atoms with Crippen LogP contribution in [-0.2, 0) is 32.0 Å². The number of aliphatic hydroxyl groups excluding tert-OH is 1.